The molecule has 0 aliphatic rings. The number of aromatic nitrogens is 2. The maximum absolute atomic E-state index is 5.51. The first kappa shape index (κ1) is 14.1. The molecule has 6 nitrogen and oxygen atoms in total. The fourth-order valence-corrected chi connectivity index (χ4v) is 1.56. The first-order valence-electron chi connectivity index (χ1n) is 5.33. The topological polar surface area (TPSA) is 76.3 Å². The highest BCUT2D eigenvalue weighted by Crippen LogP contribution is 2.18. The van der Waals surface area contributed by atoms with Gasteiger partial charge in [0.1, 0.15) is 5.82 Å². The van der Waals surface area contributed by atoms with E-state index in [9.17, 15) is 0 Å². The summed E-state index contributed by atoms with van der Waals surface area (Å²) in [4.78, 5) is 10.1. The summed E-state index contributed by atoms with van der Waals surface area (Å²) in [5, 5.41) is 3.20. The van der Waals surface area contributed by atoms with Crippen molar-refractivity contribution in [2.45, 2.75) is 0 Å². The number of rotatable bonds is 7. The van der Waals surface area contributed by atoms with Crippen LogP contribution in [0.2, 0.25) is 0 Å². The summed E-state index contributed by atoms with van der Waals surface area (Å²) in [7, 11) is 3.75. The third-order valence-electron chi connectivity index (χ3n) is 2.23. The van der Waals surface area contributed by atoms with Crippen LogP contribution in [-0.2, 0) is 4.74 Å². The predicted molar refractivity (Wildman–Crippen MR) is 72.0 cm³/mol. The number of nitrogens with one attached hydrogen (secondary N) is 1. The molecule has 1 rings (SSSR count). The molecule has 0 saturated heterocycles. The number of nitrogen functional groups attached to an aromatic ring is 1. The van der Waals surface area contributed by atoms with Crippen molar-refractivity contribution in [2.75, 3.05) is 51.4 Å². The summed E-state index contributed by atoms with van der Waals surface area (Å²) in [6.45, 7) is 3.33. The van der Waals surface area contributed by atoms with E-state index in [1.165, 1.54) is 0 Å². The van der Waals surface area contributed by atoms with Crippen molar-refractivity contribution >= 4 is 27.7 Å². The largest absolute Gasteiger partial charge is 0.383 e. The van der Waals surface area contributed by atoms with Gasteiger partial charge in [-0.15, -0.1) is 0 Å². The maximum Gasteiger partial charge on any atom is 0.221 e. The van der Waals surface area contributed by atoms with Crippen LogP contribution >= 0.6 is 15.9 Å². The first-order valence-corrected chi connectivity index (χ1v) is 6.12. The van der Waals surface area contributed by atoms with Crippen molar-refractivity contribution in [1.29, 1.82) is 0 Å². The Morgan fingerprint density at radius 2 is 2.29 bits per heavy atom. The average molecular weight is 304 g/mol. The highest BCUT2D eigenvalue weighted by atomic mass is 79.9. The Balaban J connectivity index is 2.32. The molecule has 0 aromatic carbocycles. The second kappa shape index (κ2) is 7.41. The summed E-state index contributed by atoms with van der Waals surface area (Å²) in [5.41, 5.74) is 5.51. The van der Waals surface area contributed by atoms with Crippen molar-refractivity contribution in [3.05, 3.63) is 10.7 Å². The molecule has 0 bridgehead atoms. The Hall–Kier alpha value is -0.920. The van der Waals surface area contributed by atoms with Crippen LogP contribution in [0.15, 0.2) is 10.7 Å². The predicted octanol–water partition coefficient (Wildman–Crippen LogP) is 0.811. The molecule has 7 heteroatoms. The molecule has 17 heavy (non-hydrogen) atoms. The number of nitrogens with two attached hydrogens (primary N) is 1. The third kappa shape index (κ3) is 5.29. The Labute approximate surface area is 110 Å². The summed E-state index contributed by atoms with van der Waals surface area (Å²) in [6.07, 6.45) is 1.64. The first-order chi connectivity index (χ1) is 8.13. The molecule has 0 atom stereocenters. The van der Waals surface area contributed by atoms with Gasteiger partial charge in [-0.05, 0) is 23.0 Å². The molecule has 0 unspecified atom stereocenters. The second-order valence-corrected chi connectivity index (χ2v) is 4.50. The van der Waals surface area contributed by atoms with Gasteiger partial charge in [0.25, 0.3) is 0 Å². The average Bonchev–Trinajstić information content (AvgIpc) is 2.31. The van der Waals surface area contributed by atoms with Crippen molar-refractivity contribution in [3.63, 3.8) is 0 Å². The minimum Gasteiger partial charge on any atom is -0.383 e. The molecule has 0 aliphatic carbocycles. The number of ether oxygens (including phenoxy) is 1. The minimum atomic E-state index is 0.267. The quantitative estimate of drug-likeness (QED) is 0.776. The summed E-state index contributed by atoms with van der Waals surface area (Å²) in [6, 6.07) is 0. The molecule has 0 radical (unpaired) electrons. The fraction of sp³-hybridized carbons (Fsp3) is 0.600. The van der Waals surface area contributed by atoms with Gasteiger partial charge in [-0.2, -0.15) is 4.98 Å². The van der Waals surface area contributed by atoms with E-state index in [-0.39, 0.29) is 5.95 Å². The maximum atomic E-state index is 5.51. The van der Waals surface area contributed by atoms with Crippen molar-refractivity contribution in [2.24, 2.45) is 0 Å². The third-order valence-corrected chi connectivity index (χ3v) is 2.81. The van der Waals surface area contributed by atoms with Gasteiger partial charge in [0, 0.05) is 32.9 Å². The molecular weight excluding hydrogens is 286 g/mol. The van der Waals surface area contributed by atoms with Gasteiger partial charge in [0.05, 0.1) is 11.1 Å². The Morgan fingerprint density at radius 1 is 1.53 bits per heavy atom. The number of anilines is 2. The molecule has 0 fully saturated rings. The zero-order valence-corrected chi connectivity index (χ0v) is 11.7. The lowest BCUT2D eigenvalue weighted by Crippen LogP contribution is -2.28. The number of halogens is 1. The van der Waals surface area contributed by atoms with Crippen LogP contribution in [0.5, 0.6) is 0 Å². The Kier molecular flexibility index (Phi) is 6.17. The standard InChI is InChI=1S/C10H18BrN5O/c1-16(5-6-17-2)4-3-13-9-8(11)7-14-10(12)15-9/h7H,3-6H2,1-2H3,(H3,12,13,14,15). The molecule has 96 valence electrons. The number of methoxy groups -OCH3 is 1. The lowest BCUT2D eigenvalue weighted by Gasteiger charge is -2.16. The van der Waals surface area contributed by atoms with Gasteiger partial charge in [0.15, 0.2) is 0 Å². The van der Waals surface area contributed by atoms with Crippen LogP contribution in [0.4, 0.5) is 11.8 Å². The molecule has 3 N–H and O–H groups in total. The molecule has 1 heterocycles. The van der Waals surface area contributed by atoms with Crippen LogP contribution in [0.25, 0.3) is 0 Å². The monoisotopic (exact) mass is 303 g/mol. The smallest absolute Gasteiger partial charge is 0.221 e. The number of hydrogen-bond donors (Lipinski definition) is 2. The molecular formula is C10H18BrN5O. The molecule has 1 aromatic rings. The van der Waals surface area contributed by atoms with E-state index in [1.54, 1.807) is 13.3 Å². The molecule has 1 aromatic heterocycles. The number of nitrogens with zero attached hydrogens (tertiary/aromatic N) is 3. The summed E-state index contributed by atoms with van der Waals surface area (Å²) >= 11 is 3.36. The van der Waals surface area contributed by atoms with Crippen molar-refractivity contribution < 1.29 is 4.74 Å². The summed E-state index contributed by atoms with van der Waals surface area (Å²) < 4.78 is 5.82. The van der Waals surface area contributed by atoms with Gasteiger partial charge < -0.3 is 20.7 Å². The highest BCUT2D eigenvalue weighted by Gasteiger charge is 2.03. The Morgan fingerprint density at radius 3 is 3.00 bits per heavy atom. The Bertz CT molecular complexity index is 349. The lowest BCUT2D eigenvalue weighted by atomic mass is 10.5. The van der Waals surface area contributed by atoms with E-state index < -0.39 is 0 Å². The second-order valence-electron chi connectivity index (χ2n) is 3.65. The van der Waals surface area contributed by atoms with E-state index in [0.717, 1.165) is 36.5 Å². The minimum absolute atomic E-state index is 0.267. The SMILES string of the molecule is COCCN(C)CCNc1nc(N)ncc1Br. The van der Waals surface area contributed by atoms with E-state index in [1.807, 2.05) is 7.05 Å². The van der Waals surface area contributed by atoms with Gasteiger partial charge in [-0.25, -0.2) is 4.98 Å². The highest BCUT2D eigenvalue weighted by molar-refractivity contribution is 9.10. The molecule has 0 spiro atoms. The number of hydrogen-bond acceptors (Lipinski definition) is 6. The van der Waals surface area contributed by atoms with Gasteiger partial charge in [-0.1, -0.05) is 0 Å². The number of likely N-dealkylation sites (N-methyl/N-ethyl adjacent to an activating group) is 1. The van der Waals surface area contributed by atoms with Gasteiger partial charge in [-0.3, -0.25) is 0 Å². The van der Waals surface area contributed by atoms with Crippen LogP contribution in [0.1, 0.15) is 0 Å². The zero-order valence-electron chi connectivity index (χ0n) is 10.1. The van der Waals surface area contributed by atoms with Crippen LogP contribution < -0.4 is 11.1 Å². The zero-order chi connectivity index (χ0) is 12.7. The normalized spacial score (nSPS) is 10.8. The molecule has 0 amide bonds. The van der Waals surface area contributed by atoms with Crippen molar-refractivity contribution in [1.82, 2.24) is 14.9 Å². The van der Waals surface area contributed by atoms with Gasteiger partial charge >= 0.3 is 0 Å². The fourth-order valence-electron chi connectivity index (χ4n) is 1.23. The van der Waals surface area contributed by atoms with E-state index in [0.29, 0.717) is 0 Å². The van der Waals surface area contributed by atoms with Crippen LogP contribution in [-0.4, -0.2) is 55.3 Å². The van der Waals surface area contributed by atoms with E-state index >= 15 is 0 Å². The van der Waals surface area contributed by atoms with E-state index in [4.69, 9.17) is 10.5 Å². The lowest BCUT2D eigenvalue weighted by molar-refractivity contribution is 0.163. The van der Waals surface area contributed by atoms with Crippen LogP contribution in [0, 0.1) is 0 Å². The molecule has 0 saturated carbocycles. The van der Waals surface area contributed by atoms with Crippen molar-refractivity contribution in [3.8, 4) is 0 Å². The van der Waals surface area contributed by atoms with Gasteiger partial charge in [0.2, 0.25) is 5.95 Å². The molecule has 0 aliphatic heterocycles. The van der Waals surface area contributed by atoms with E-state index in [2.05, 4.69) is 36.1 Å². The van der Waals surface area contributed by atoms with Crippen LogP contribution in [0.3, 0.4) is 0 Å². The summed E-state index contributed by atoms with van der Waals surface area (Å²) in [5.74, 6) is 0.987.